The van der Waals surface area contributed by atoms with E-state index in [1.54, 1.807) is 29.2 Å². The van der Waals surface area contributed by atoms with Crippen LogP contribution in [0, 0.1) is 11.3 Å². The summed E-state index contributed by atoms with van der Waals surface area (Å²) in [6.45, 7) is 2.30. The number of nitriles is 1. The summed E-state index contributed by atoms with van der Waals surface area (Å²) in [5.74, 6) is -0.801. The average Bonchev–Trinajstić information content (AvgIpc) is 2.91. The van der Waals surface area contributed by atoms with Gasteiger partial charge in [0.1, 0.15) is 11.6 Å². The summed E-state index contributed by atoms with van der Waals surface area (Å²) in [6.07, 6.45) is 1.18. The topological polar surface area (TPSA) is 102 Å². The molecule has 4 rings (SSSR count). The second-order valence-corrected chi connectivity index (χ2v) is 8.32. The Labute approximate surface area is 205 Å². The molecule has 0 saturated carbocycles. The first-order valence-corrected chi connectivity index (χ1v) is 11.5. The number of rotatable bonds is 6. The van der Waals surface area contributed by atoms with Crippen LogP contribution in [0.2, 0.25) is 0 Å². The molecular weight excluding hydrogens is 438 g/mol. The number of benzene rings is 3. The molecule has 0 bridgehead atoms. The third-order valence-corrected chi connectivity index (χ3v) is 6.07. The Morgan fingerprint density at radius 3 is 1.91 bits per heavy atom. The van der Waals surface area contributed by atoms with Crippen LogP contribution in [0.15, 0.2) is 96.7 Å². The van der Waals surface area contributed by atoms with Gasteiger partial charge < -0.3 is 16.0 Å². The number of hydrogen-bond acceptors (Lipinski definition) is 5. The minimum Gasteiger partial charge on any atom is -0.399 e. The lowest BCUT2D eigenvalue weighted by atomic mass is 9.96. The Kier molecular flexibility index (Phi) is 7.56. The maximum atomic E-state index is 13.0. The number of nitrogen functional groups attached to an aromatic ring is 1. The van der Waals surface area contributed by atoms with Crippen molar-refractivity contribution >= 4 is 17.5 Å². The van der Waals surface area contributed by atoms with Crippen LogP contribution < -0.4 is 11.1 Å². The molecule has 3 N–H and O–H groups in total. The van der Waals surface area contributed by atoms with Crippen molar-refractivity contribution in [3.05, 3.63) is 113 Å². The van der Waals surface area contributed by atoms with E-state index in [-0.39, 0.29) is 17.5 Å². The molecule has 35 heavy (non-hydrogen) atoms. The smallest absolute Gasteiger partial charge is 0.266 e. The Balaban J connectivity index is 1.42. The fourth-order valence-electron chi connectivity index (χ4n) is 4.24. The molecule has 0 atom stereocenters. The van der Waals surface area contributed by atoms with Gasteiger partial charge in [0.05, 0.1) is 6.04 Å². The fourth-order valence-corrected chi connectivity index (χ4v) is 4.24. The van der Waals surface area contributed by atoms with E-state index < -0.39 is 5.91 Å². The second-order valence-electron chi connectivity index (χ2n) is 8.32. The Bertz CT molecular complexity index is 1190. The first-order chi connectivity index (χ1) is 17.1. The average molecular weight is 466 g/mol. The van der Waals surface area contributed by atoms with Crippen molar-refractivity contribution in [3.8, 4) is 6.07 Å². The van der Waals surface area contributed by atoms with Crippen LogP contribution in [-0.2, 0) is 4.79 Å². The van der Waals surface area contributed by atoms with E-state index >= 15 is 0 Å². The zero-order chi connectivity index (χ0) is 24.6. The van der Waals surface area contributed by atoms with Gasteiger partial charge in [0.15, 0.2) is 0 Å². The fraction of sp³-hybridized carbons (Fsp3) is 0.179. The number of nitrogens with two attached hydrogens (primary N) is 1. The minimum absolute atomic E-state index is 0.0832. The van der Waals surface area contributed by atoms with Gasteiger partial charge in [-0.25, -0.2) is 0 Å². The molecule has 0 spiro atoms. The summed E-state index contributed by atoms with van der Waals surface area (Å²) in [4.78, 5) is 29.3. The highest BCUT2D eigenvalue weighted by Gasteiger charge is 2.29. The first kappa shape index (κ1) is 23.7. The monoisotopic (exact) mass is 465 g/mol. The number of amides is 2. The molecule has 1 aliphatic rings. The zero-order valence-corrected chi connectivity index (χ0v) is 19.3. The van der Waals surface area contributed by atoms with Gasteiger partial charge in [-0.3, -0.25) is 14.5 Å². The summed E-state index contributed by atoms with van der Waals surface area (Å²) < 4.78 is 0. The predicted molar refractivity (Wildman–Crippen MR) is 135 cm³/mol. The summed E-state index contributed by atoms with van der Waals surface area (Å²) in [6, 6.07) is 29.0. The lowest BCUT2D eigenvalue weighted by molar-refractivity contribution is -0.128. The summed E-state index contributed by atoms with van der Waals surface area (Å²) in [5.41, 5.74) is 8.87. The molecule has 0 unspecified atom stereocenters. The Hall–Kier alpha value is -4.41. The lowest BCUT2D eigenvalue weighted by Gasteiger charge is -2.39. The van der Waals surface area contributed by atoms with Gasteiger partial charge in [-0.1, -0.05) is 60.7 Å². The van der Waals surface area contributed by atoms with Gasteiger partial charge >= 0.3 is 0 Å². The molecule has 1 heterocycles. The van der Waals surface area contributed by atoms with Crippen molar-refractivity contribution in [3.63, 3.8) is 0 Å². The molecular formula is C28H27N5O2. The highest BCUT2D eigenvalue weighted by Crippen LogP contribution is 2.29. The number of nitrogens with one attached hydrogen (secondary N) is 1. The third-order valence-electron chi connectivity index (χ3n) is 6.07. The number of nitrogens with zero attached hydrogens (tertiary/aromatic N) is 3. The number of anilines is 1. The molecule has 0 aromatic heterocycles. The lowest BCUT2D eigenvalue weighted by Crippen LogP contribution is -2.50. The third kappa shape index (κ3) is 5.75. The van der Waals surface area contributed by atoms with Crippen LogP contribution in [0.1, 0.15) is 27.5 Å². The molecule has 2 amide bonds. The van der Waals surface area contributed by atoms with Crippen LogP contribution in [0.5, 0.6) is 0 Å². The molecule has 7 nitrogen and oxygen atoms in total. The van der Waals surface area contributed by atoms with Crippen LogP contribution in [0.25, 0.3) is 0 Å². The maximum absolute atomic E-state index is 13.0. The van der Waals surface area contributed by atoms with Gasteiger partial charge in [-0.2, -0.15) is 5.26 Å². The van der Waals surface area contributed by atoms with Crippen molar-refractivity contribution in [1.82, 2.24) is 15.1 Å². The normalized spacial score (nSPS) is 14.4. The Morgan fingerprint density at radius 2 is 1.40 bits per heavy atom. The quantitative estimate of drug-likeness (QED) is 0.330. The number of carbonyl (C=O) groups excluding carboxylic acids is 2. The summed E-state index contributed by atoms with van der Waals surface area (Å²) >= 11 is 0. The molecule has 0 radical (unpaired) electrons. The molecule has 1 aliphatic heterocycles. The molecule has 1 fully saturated rings. The van der Waals surface area contributed by atoms with E-state index in [1.165, 1.54) is 17.3 Å². The van der Waals surface area contributed by atoms with Crippen molar-refractivity contribution in [1.29, 1.82) is 5.26 Å². The number of carbonyl (C=O) groups is 2. The van der Waals surface area contributed by atoms with Crippen LogP contribution in [-0.4, -0.2) is 47.8 Å². The highest BCUT2D eigenvalue weighted by molar-refractivity contribution is 5.99. The standard InChI is InChI=1S/C28H27N5O2/c29-19-24(20-31-27(34)23-11-13-25(30)14-12-23)28(35)33-17-15-32(16-18-33)26(21-7-3-1-4-8-21)22-9-5-2-6-10-22/h1-14,20,26H,15-18,30H2,(H,31,34)/b24-20-. The zero-order valence-electron chi connectivity index (χ0n) is 19.3. The molecule has 3 aromatic rings. The van der Waals surface area contributed by atoms with Crippen molar-refractivity contribution in [2.24, 2.45) is 0 Å². The van der Waals surface area contributed by atoms with E-state index in [1.807, 2.05) is 42.5 Å². The highest BCUT2D eigenvalue weighted by atomic mass is 16.2. The SMILES string of the molecule is N#C/C(=C/NC(=O)c1ccc(N)cc1)C(=O)N1CCN(C(c2ccccc2)c2ccccc2)CC1. The molecule has 1 saturated heterocycles. The van der Waals surface area contributed by atoms with E-state index in [0.29, 0.717) is 37.4 Å². The van der Waals surface area contributed by atoms with Crippen LogP contribution in [0.3, 0.4) is 0 Å². The van der Waals surface area contributed by atoms with Gasteiger partial charge in [0.2, 0.25) is 0 Å². The van der Waals surface area contributed by atoms with Gasteiger partial charge in [-0.05, 0) is 35.4 Å². The molecule has 7 heteroatoms. The van der Waals surface area contributed by atoms with Crippen molar-refractivity contribution in [2.75, 3.05) is 31.9 Å². The van der Waals surface area contributed by atoms with E-state index in [4.69, 9.17) is 5.73 Å². The van der Waals surface area contributed by atoms with E-state index in [0.717, 1.165) is 0 Å². The van der Waals surface area contributed by atoms with E-state index in [9.17, 15) is 14.9 Å². The number of piperazine rings is 1. The molecule has 176 valence electrons. The maximum Gasteiger partial charge on any atom is 0.266 e. The van der Waals surface area contributed by atoms with E-state index in [2.05, 4.69) is 34.5 Å². The summed E-state index contributed by atoms with van der Waals surface area (Å²) in [5, 5.41) is 12.1. The summed E-state index contributed by atoms with van der Waals surface area (Å²) in [7, 11) is 0. The largest absolute Gasteiger partial charge is 0.399 e. The first-order valence-electron chi connectivity index (χ1n) is 11.5. The van der Waals surface area contributed by atoms with Gasteiger partial charge in [0.25, 0.3) is 11.8 Å². The second kappa shape index (κ2) is 11.1. The molecule has 3 aromatic carbocycles. The Morgan fingerprint density at radius 1 is 0.857 bits per heavy atom. The minimum atomic E-state index is -0.413. The predicted octanol–water partition coefficient (Wildman–Crippen LogP) is 3.34. The van der Waals surface area contributed by atoms with Crippen molar-refractivity contribution in [2.45, 2.75) is 6.04 Å². The van der Waals surface area contributed by atoms with Crippen molar-refractivity contribution < 1.29 is 9.59 Å². The van der Waals surface area contributed by atoms with Gasteiger partial charge in [0, 0.05) is 43.6 Å². The van der Waals surface area contributed by atoms with Crippen LogP contribution >= 0.6 is 0 Å². The number of hydrogen-bond donors (Lipinski definition) is 2. The van der Waals surface area contributed by atoms with Crippen LogP contribution in [0.4, 0.5) is 5.69 Å². The van der Waals surface area contributed by atoms with Gasteiger partial charge in [-0.15, -0.1) is 0 Å². The molecule has 0 aliphatic carbocycles.